The van der Waals surface area contributed by atoms with Crippen LogP contribution in [-0.2, 0) is 0 Å². The highest BCUT2D eigenvalue weighted by molar-refractivity contribution is 7.19. The largest absolute Gasteiger partial charge is 0.311 e. The van der Waals surface area contributed by atoms with Crippen molar-refractivity contribution in [1.29, 1.82) is 0 Å². The lowest BCUT2D eigenvalue weighted by atomic mass is 9.91. The van der Waals surface area contributed by atoms with Gasteiger partial charge in [-0.15, -0.1) is 11.3 Å². The summed E-state index contributed by atoms with van der Waals surface area (Å²) in [6, 6.07) is 12.8. The number of fused-ring (bicyclic) bond motifs is 3. The highest BCUT2D eigenvalue weighted by atomic mass is 32.1. The molecule has 2 atom stereocenters. The number of nitrogens with one attached hydrogen (secondary N) is 1. The van der Waals surface area contributed by atoms with Crippen LogP contribution in [0.4, 0.5) is 0 Å². The minimum absolute atomic E-state index is 0.795. The molecular formula is C15H17NS. The minimum Gasteiger partial charge on any atom is -0.311 e. The van der Waals surface area contributed by atoms with Gasteiger partial charge in [-0.3, -0.25) is 0 Å². The van der Waals surface area contributed by atoms with Gasteiger partial charge in [-0.25, -0.2) is 0 Å². The molecule has 0 amide bonds. The molecule has 2 heteroatoms. The first-order chi connectivity index (χ1) is 8.38. The Labute approximate surface area is 106 Å². The lowest BCUT2D eigenvalue weighted by Gasteiger charge is -2.28. The zero-order valence-electron chi connectivity index (χ0n) is 9.86. The summed E-state index contributed by atoms with van der Waals surface area (Å²) in [5.74, 6) is 0.811. The van der Waals surface area contributed by atoms with Crippen molar-refractivity contribution in [2.24, 2.45) is 0 Å². The third-order valence-corrected chi connectivity index (χ3v) is 5.60. The Morgan fingerprint density at radius 3 is 2.59 bits per heavy atom. The Kier molecular flexibility index (Phi) is 2.27. The molecule has 2 bridgehead atoms. The fourth-order valence-electron chi connectivity index (χ4n) is 3.49. The van der Waals surface area contributed by atoms with Gasteiger partial charge in [0.05, 0.1) is 0 Å². The third kappa shape index (κ3) is 1.71. The van der Waals surface area contributed by atoms with Gasteiger partial charge in [0.1, 0.15) is 0 Å². The van der Waals surface area contributed by atoms with Crippen molar-refractivity contribution in [1.82, 2.24) is 5.32 Å². The van der Waals surface area contributed by atoms with Crippen molar-refractivity contribution in [3.63, 3.8) is 0 Å². The van der Waals surface area contributed by atoms with E-state index >= 15 is 0 Å². The molecule has 17 heavy (non-hydrogen) atoms. The van der Waals surface area contributed by atoms with Gasteiger partial charge in [-0.05, 0) is 49.1 Å². The number of rotatable bonds is 1. The summed E-state index contributed by atoms with van der Waals surface area (Å²) in [4.78, 5) is 1.62. The van der Waals surface area contributed by atoms with Gasteiger partial charge in [0.2, 0.25) is 0 Å². The first-order valence-corrected chi connectivity index (χ1v) is 7.44. The van der Waals surface area contributed by atoms with E-state index in [9.17, 15) is 0 Å². The van der Waals surface area contributed by atoms with E-state index < -0.39 is 0 Å². The Morgan fingerprint density at radius 1 is 1.06 bits per heavy atom. The van der Waals surface area contributed by atoms with Crippen LogP contribution >= 0.6 is 11.3 Å². The van der Waals surface area contributed by atoms with E-state index in [0.29, 0.717) is 0 Å². The summed E-state index contributed by atoms with van der Waals surface area (Å²) in [6.45, 7) is 0. The van der Waals surface area contributed by atoms with Gasteiger partial charge in [0.15, 0.2) is 0 Å². The van der Waals surface area contributed by atoms with Gasteiger partial charge < -0.3 is 5.32 Å². The maximum Gasteiger partial charge on any atom is 0.0345 e. The Hall–Kier alpha value is -0.860. The van der Waals surface area contributed by atoms with Crippen molar-refractivity contribution in [2.45, 2.75) is 43.7 Å². The fraction of sp³-hybridized carbons (Fsp3) is 0.467. The van der Waals surface area contributed by atoms with E-state index in [2.05, 4.69) is 35.6 Å². The molecule has 2 unspecified atom stereocenters. The molecule has 2 aliphatic rings. The van der Waals surface area contributed by atoms with Crippen LogP contribution in [0.1, 0.15) is 36.5 Å². The standard InChI is InChI=1S/C15H17NS/c1-2-4-14-10(3-1)9-15(17-14)11-7-12-5-6-13(8-11)16-12/h1-4,9,11-13,16H,5-8H2. The number of thiophene rings is 1. The second-order valence-corrected chi connectivity index (χ2v) is 6.61. The first-order valence-electron chi connectivity index (χ1n) is 6.63. The molecule has 1 N–H and O–H groups in total. The van der Waals surface area contributed by atoms with E-state index in [1.54, 1.807) is 4.88 Å². The Morgan fingerprint density at radius 2 is 1.82 bits per heavy atom. The molecule has 0 saturated carbocycles. The summed E-state index contributed by atoms with van der Waals surface area (Å²) in [5, 5.41) is 5.16. The van der Waals surface area contributed by atoms with Crippen molar-refractivity contribution in [2.75, 3.05) is 0 Å². The molecule has 88 valence electrons. The average Bonchev–Trinajstić information content (AvgIpc) is 2.92. The SMILES string of the molecule is c1ccc2sc(C3CC4CCC(C3)N4)cc2c1. The predicted octanol–water partition coefficient (Wildman–Crippen LogP) is 3.90. The van der Waals surface area contributed by atoms with E-state index in [1.165, 1.54) is 35.8 Å². The molecule has 4 rings (SSSR count). The van der Waals surface area contributed by atoms with E-state index in [4.69, 9.17) is 0 Å². The molecule has 0 aliphatic carbocycles. The van der Waals surface area contributed by atoms with E-state index in [-0.39, 0.29) is 0 Å². The Balaban J connectivity index is 1.69. The molecule has 3 heterocycles. The number of benzene rings is 1. The summed E-state index contributed by atoms with van der Waals surface area (Å²) in [7, 11) is 0. The van der Waals surface area contributed by atoms with Crippen LogP contribution in [-0.4, -0.2) is 12.1 Å². The minimum atomic E-state index is 0.795. The smallest absolute Gasteiger partial charge is 0.0345 e. The van der Waals surface area contributed by atoms with Gasteiger partial charge in [0.25, 0.3) is 0 Å². The van der Waals surface area contributed by atoms with Crippen molar-refractivity contribution < 1.29 is 0 Å². The van der Waals surface area contributed by atoms with Crippen LogP contribution in [0.2, 0.25) is 0 Å². The highest BCUT2D eigenvalue weighted by Gasteiger charge is 2.34. The lowest BCUT2D eigenvalue weighted by Crippen LogP contribution is -2.36. The molecule has 1 nitrogen and oxygen atoms in total. The zero-order valence-corrected chi connectivity index (χ0v) is 10.7. The van der Waals surface area contributed by atoms with Crippen molar-refractivity contribution in [3.8, 4) is 0 Å². The zero-order chi connectivity index (χ0) is 11.2. The van der Waals surface area contributed by atoms with Crippen LogP contribution in [0, 0.1) is 0 Å². The van der Waals surface area contributed by atoms with Crippen LogP contribution in [0.25, 0.3) is 10.1 Å². The van der Waals surface area contributed by atoms with Crippen LogP contribution in [0.5, 0.6) is 0 Å². The van der Waals surface area contributed by atoms with Crippen molar-refractivity contribution >= 4 is 21.4 Å². The topological polar surface area (TPSA) is 12.0 Å². The molecule has 2 aliphatic heterocycles. The summed E-state index contributed by atoms with van der Waals surface area (Å²) in [5.41, 5.74) is 0. The Bertz CT molecular complexity index is 500. The van der Waals surface area contributed by atoms with E-state index in [1.807, 2.05) is 11.3 Å². The number of hydrogen-bond donors (Lipinski definition) is 1. The molecule has 1 aromatic heterocycles. The average molecular weight is 243 g/mol. The molecular weight excluding hydrogens is 226 g/mol. The van der Waals surface area contributed by atoms with Crippen LogP contribution < -0.4 is 5.32 Å². The van der Waals surface area contributed by atoms with Crippen LogP contribution in [0.3, 0.4) is 0 Å². The maximum absolute atomic E-state index is 3.73. The number of hydrogen-bond acceptors (Lipinski definition) is 2. The summed E-state index contributed by atoms with van der Waals surface area (Å²) in [6.07, 6.45) is 5.49. The summed E-state index contributed by atoms with van der Waals surface area (Å²) >= 11 is 2.01. The highest BCUT2D eigenvalue weighted by Crippen LogP contribution is 2.41. The molecule has 0 radical (unpaired) electrons. The number of piperidine rings is 1. The molecule has 1 aromatic carbocycles. The predicted molar refractivity (Wildman–Crippen MR) is 73.7 cm³/mol. The molecule has 0 spiro atoms. The fourth-order valence-corrected chi connectivity index (χ4v) is 4.68. The monoisotopic (exact) mass is 243 g/mol. The maximum atomic E-state index is 3.73. The van der Waals surface area contributed by atoms with Crippen LogP contribution in [0.15, 0.2) is 30.3 Å². The second kappa shape index (κ2) is 3.82. The van der Waals surface area contributed by atoms with Gasteiger partial charge >= 0.3 is 0 Å². The molecule has 2 saturated heterocycles. The van der Waals surface area contributed by atoms with Gasteiger partial charge in [-0.1, -0.05) is 18.2 Å². The van der Waals surface area contributed by atoms with Crippen molar-refractivity contribution in [3.05, 3.63) is 35.2 Å². The first kappa shape index (κ1) is 10.1. The normalized spacial score (nSPS) is 32.1. The lowest BCUT2D eigenvalue weighted by molar-refractivity contribution is 0.366. The molecule has 2 aromatic rings. The quantitative estimate of drug-likeness (QED) is 0.801. The second-order valence-electron chi connectivity index (χ2n) is 5.49. The summed E-state index contributed by atoms with van der Waals surface area (Å²) < 4.78 is 1.45. The van der Waals surface area contributed by atoms with Gasteiger partial charge in [0, 0.05) is 21.7 Å². The third-order valence-electron chi connectivity index (χ3n) is 4.32. The van der Waals surface area contributed by atoms with Gasteiger partial charge in [-0.2, -0.15) is 0 Å². The van der Waals surface area contributed by atoms with E-state index in [0.717, 1.165) is 18.0 Å². The molecule has 2 fully saturated rings.